The van der Waals surface area contributed by atoms with Crippen molar-refractivity contribution in [1.82, 2.24) is 5.32 Å². The number of methoxy groups -OCH3 is 1. The van der Waals surface area contributed by atoms with Gasteiger partial charge in [0.25, 0.3) is 0 Å². The monoisotopic (exact) mass is 338 g/mol. The van der Waals surface area contributed by atoms with Crippen LogP contribution >= 0.6 is 0 Å². The summed E-state index contributed by atoms with van der Waals surface area (Å²) in [7, 11) is 3.40. The first kappa shape index (κ1) is 17.0. The molecule has 2 aromatic carbocycles. The molecule has 0 saturated heterocycles. The third kappa shape index (κ3) is 3.82. The maximum Gasteiger partial charge on any atom is 0.231 e. The molecule has 1 heterocycles. The largest absolute Gasteiger partial charge is 0.496 e. The Kier molecular flexibility index (Phi) is 5.03. The number of nitrogens with zero attached hydrogens (tertiary/aromatic N) is 1. The lowest BCUT2D eigenvalue weighted by Crippen LogP contribution is -2.27. The highest BCUT2D eigenvalue weighted by molar-refractivity contribution is 6.00. The molecule has 130 valence electrons. The standard InChI is InChI=1S/C20H22N2O3/c1-22-17-8-7-14(11-16(17)13-20(22)24)9-10-21-19(23)12-15-5-3-4-6-18(15)25-2/h3-8,11H,9-10,12-13H2,1-2H3,(H,21,23). The Balaban J connectivity index is 1.52. The molecule has 2 aromatic rings. The second-order valence-corrected chi connectivity index (χ2v) is 6.18. The Hall–Kier alpha value is -2.82. The van der Waals surface area contributed by atoms with Crippen molar-refractivity contribution in [3.8, 4) is 5.75 Å². The number of carbonyl (C=O) groups is 2. The molecule has 0 unspecified atom stereocenters. The van der Waals surface area contributed by atoms with Crippen LogP contribution in [0.25, 0.3) is 0 Å². The first-order valence-corrected chi connectivity index (χ1v) is 8.35. The van der Waals surface area contributed by atoms with E-state index >= 15 is 0 Å². The van der Waals surface area contributed by atoms with E-state index in [2.05, 4.69) is 11.4 Å². The number of benzene rings is 2. The lowest BCUT2D eigenvalue weighted by atomic mass is 10.1. The van der Waals surface area contributed by atoms with Crippen LogP contribution in [0.2, 0.25) is 0 Å². The van der Waals surface area contributed by atoms with Gasteiger partial charge in [-0.3, -0.25) is 9.59 Å². The normalized spacial score (nSPS) is 12.9. The van der Waals surface area contributed by atoms with Crippen LogP contribution in [-0.2, 0) is 28.9 Å². The summed E-state index contributed by atoms with van der Waals surface area (Å²) < 4.78 is 5.27. The van der Waals surface area contributed by atoms with Gasteiger partial charge in [0.1, 0.15) is 5.75 Å². The van der Waals surface area contributed by atoms with Crippen LogP contribution in [0, 0.1) is 0 Å². The van der Waals surface area contributed by atoms with Gasteiger partial charge in [-0.2, -0.15) is 0 Å². The van der Waals surface area contributed by atoms with Crippen LogP contribution in [0.3, 0.4) is 0 Å². The van der Waals surface area contributed by atoms with Gasteiger partial charge in [-0.1, -0.05) is 30.3 Å². The van der Waals surface area contributed by atoms with Crippen molar-refractivity contribution in [1.29, 1.82) is 0 Å². The summed E-state index contributed by atoms with van der Waals surface area (Å²) in [6.07, 6.45) is 1.50. The summed E-state index contributed by atoms with van der Waals surface area (Å²) in [5, 5.41) is 2.94. The van der Waals surface area contributed by atoms with E-state index in [4.69, 9.17) is 4.74 Å². The van der Waals surface area contributed by atoms with Gasteiger partial charge in [0, 0.05) is 24.8 Å². The van der Waals surface area contributed by atoms with Gasteiger partial charge in [0.15, 0.2) is 0 Å². The number of hydrogen-bond donors (Lipinski definition) is 1. The van der Waals surface area contributed by atoms with Gasteiger partial charge in [0.05, 0.1) is 20.0 Å². The molecule has 2 amide bonds. The molecule has 25 heavy (non-hydrogen) atoms. The van der Waals surface area contributed by atoms with Crippen molar-refractivity contribution >= 4 is 17.5 Å². The van der Waals surface area contributed by atoms with Gasteiger partial charge >= 0.3 is 0 Å². The minimum Gasteiger partial charge on any atom is -0.496 e. The van der Waals surface area contributed by atoms with Crippen LogP contribution in [0.5, 0.6) is 5.75 Å². The van der Waals surface area contributed by atoms with Crippen LogP contribution in [-0.4, -0.2) is 32.5 Å². The molecule has 5 heteroatoms. The summed E-state index contributed by atoms with van der Waals surface area (Å²) in [5.74, 6) is 0.822. The first-order valence-electron chi connectivity index (χ1n) is 8.35. The Morgan fingerprint density at radius 2 is 2.04 bits per heavy atom. The van der Waals surface area contributed by atoms with E-state index in [-0.39, 0.29) is 11.8 Å². The highest BCUT2D eigenvalue weighted by Crippen LogP contribution is 2.28. The lowest BCUT2D eigenvalue weighted by molar-refractivity contribution is -0.120. The topological polar surface area (TPSA) is 58.6 Å². The number of likely N-dealkylation sites (N-methyl/N-ethyl adjacent to an activating group) is 1. The van der Waals surface area contributed by atoms with E-state index < -0.39 is 0 Å². The van der Waals surface area contributed by atoms with Gasteiger partial charge < -0.3 is 15.0 Å². The molecule has 0 aromatic heterocycles. The Bertz CT molecular complexity index is 801. The molecule has 3 rings (SSSR count). The van der Waals surface area contributed by atoms with E-state index in [1.807, 2.05) is 36.4 Å². The molecule has 0 radical (unpaired) electrons. The maximum atomic E-state index is 12.1. The average molecular weight is 338 g/mol. The van der Waals surface area contributed by atoms with Crippen molar-refractivity contribution < 1.29 is 14.3 Å². The van der Waals surface area contributed by atoms with Crippen LogP contribution in [0.15, 0.2) is 42.5 Å². The third-order valence-corrected chi connectivity index (χ3v) is 4.50. The van der Waals surface area contributed by atoms with Crippen LogP contribution in [0.1, 0.15) is 16.7 Å². The van der Waals surface area contributed by atoms with Gasteiger partial charge in [-0.05, 0) is 29.7 Å². The highest BCUT2D eigenvalue weighted by atomic mass is 16.5. The van der Waals surface area contributed by atoms with Crippen molar-refractivity contribution in [2.75, 3.05) is 25.6 Å². The van der Waals surface area contributed by atoms with E-state index in [1.165, 1.54) is 0 Å². The first-order chi connectivity index (χ1) is 12.1. The molecule has 0 bridgehead atoms. The number of fused-ring (bicyclic) bond motifs is 1. The molecular formula is C20H22N2O3. The van der Waals surface area contributed by atoms with Gasteiger partial charge in [-0.25, -0.2) is 0 Å². The zero-order valence-electron chi connectivity index (χ0n) is 14.5. The van der Waals surface area contributed by atoms with E-state index in [1.54, 1.807) is 19.1 Å². The second-order valence-electron chi connectivity index (χ2n) is 6.18. The summed E-state index contributed by atoms with van der Waals surface area (Å²) in [5.41, 5.74) is 4.04. The molecule has 1 N–H and O–H groups in total. The van der Waals surface area contributed by atoms with Crippen molar-refractivity contribution in [2.45, 2.75) is 19.3 Å². The molecule has 0 atom stereocenters. The minimum atomic E-state index is -0.0272. The fourth-order valence-electron chi connectivity index (χ4n) is 3.11. The average Bonchev–Trinajstić information content (AvgIpc) is 2.89. The summed E-state index contributed by atoms with van der Waals surface area (Å²) in [6.45, 7) is 0.566. The van der Waals surface area contributed by atoms with E-state index in [0.29, 0.717) is 19.4 Å². The Morgan fingerprint density at radius 3 is 2.84 bits per heavy atom. The highest BCUT2D eigenvalue weighted by Gasteiger charge is 2.23. The molecule has 0 saturated carbocycles. The minimum absolute atomic E-state index is 0.0272. The number of para-hydroxylation sites is 1. The van der Waals surface area contributed by atoms with Crippen molar-refractivity contribution in [2.24, 2.45) is 0 Å². The molecule has 5 nitrogen and oxygen atoms in total. The predicted octanol–water partition coefficient (Wildman–Crippen LogP) is 2.12. The quantitative estimate of drug-likeness (QED) is 0.878. The second kappa shape index (κ2) is 7.38. The number of hydrogen-bond acceptors (Lipinski definition) is 3. The number of carbonyl (C=O) groups excluding carboxylic acids is 2. The van der Waals surface area contributed by atoms with Gasteiger partial charge in [-0.15, -0.1) is 0 Å². The molecule has 1 aliphatic heterocycles. The summed E-state index contributed by atoms with van der Waals surface area (Å²) >= 11 is 0. The molecule has 0 fully saturated rings. The molecule has 0 spiro atoms. The number of rotatable bonds is 6. The Labute approximate surface area is 147 Å². The number of ether oxygens (including phenoxy) is 1. The predicted molar refractivity (Wildman–Crippen MR) is 97.0 cm³/mol. The fourth-order valence-corrected chi connectivity index (χ4v) is 3.11. The number of anilines is 1. The van der Waals surface area contributed by atoms with Crippen LogP contribution in [0.4, 0.5) is 5.69 Å². The van der Waals surface area contributed by atoms with E-state index in [0.717, 1.165) is 34.5 Å². The zero-order valence-corrected chi connectivity index (χ0v) is 14.5. The SMILES string of the molecule is COc1ccccc1CC(=O)NCCc1ccc2c(c1)CC(=O)N2C. The Morgan fingerprint density at radius 1 is 1.24 bits per heavy atom. The number of nitrogens with one attached hydrogen (secondary N) is 1. The molecule has 0 aliphatic carbocycles. The summed E-state index contributed by atoms with van der Waals surface area (Å²) in [6, 6.07) is 13.6. The fraction of sp³-hybridized carbons (Fsp3) is 0.300. The van der Waals surface area contributed by atoms with Crippen molar-refractivity contribution in [3.63, 3.8) is 0 Å². The lowest BCUT2D eigenvalue weighted by Gasteiger charge is -2.11. The smallest absolute Gasteiger partial charge is 0.231 e. The molecular weight excluding hydrogens is 316 g/mol. The van der Waals surface area contributed by atoms with Crippen molar-refractivity contribution in [3.05, 3.63) is 59.2 Å². The third-order valence-electron chi connectivity index (χ3n) is 4.50. The van der Waals surface area contributed by atoms with E-state index in [9.17, 15) is 9.59 Å². The molecule has 1 aliphatic rings. The number of amides is 2. The van der Waals surface area contributed by atoms with Gasteiger partial charge in [0.2, 0.25) is 11.8 Å². The zero-order chi connectivity index (χ0) is 17.8. The van der Waals surface area contributed by atoms with Crippen LogP contribution < -0.4 is 15.0 Å². The summed E-state index contributed by atoms with van der Waals surface area (Å²) in [4.78, 5) is 25.5. The maximum absolute atomic E-state index is 12.1.